The number of carbonyl (C=O) groups is 3. The Morgan fingerprint density at radius 2 is 1.94 bits per heavy atom. The van der Waals surface area contributed by atoms with Gasteiger partial charge in [0.25, 0.3) is 5.91 Å². The van der Waals surface area contributed by atoms with Gasteiger partial charge >= 0.3 is 12.2 Å². The Morgan fingerprint density at radius 3 is 2.53 bits per heavy atom. The maximum Gasteiger partial charge on any atom is 0.433 e. The molecule has 2 N–H and O–H groups in total. The van der Waals surface area contributed by atoms with Crippen LogP contribution in [0.1, 0.15) is 48.9 Å². The number of urea groups is 1. The maximum atomic E-state index is 13.2. The first-order valence-electron chi connectivity index (χ1n) is 10.6. The van der Waals surface area contributed by atoms with Gasteiger partial charge in [-0.1, -0.05) is 6.07 Å². The minimum atomic E-state index is -4.56. The lowest BCUT2D eigenvalue weighted by Gasteiger charge is -2.39. The Kier molecular flexibility index (Phi) is 6.34. The second kappa shape index (κ2) is 8.95. The lowest BCUT2D eigenvalue weighted by Crippen LogP contribution is -2.55. The average Bonchev–Trinajstić information content (AvgIpc) is 3.32. The van der Waals surface area contributed by atoms with Crippen LogP contribution in [0.4, 0.5) is 23.1 Å². The van der Waals surface area contributed by atoms with E-state index < -0.39 is 23.4 Å². The Hall–Kier alpha value is -3.06. The molecule has 2 aromatic rings. The molecule has 0 saturated carbocycles. The van der Waals surface area contributed by atoms with Crippen LogP contribution in [-0.4, -0.2) is 56.2 Å². The summed E-state index contributed by atoms with van der Waals surface area (Å²) in [6, 6.07) is 1.50. The number of anilines is 1. The minimum absolute atomic E-state index is 0.0129. The zero-order chi connectivity index (χ0) is 24.7. The first-order valence-corrected chi connectivity index (χ1v) is 11.4. The Morgan fingerprint density at radius 1 is 1.24 bits per heavy atom. The van der Waals surface area contributed by atoms with Crippen LogP contribution in [0.3, 0.4) is 0 Å². The van der Waals surface area contributed by atoms with Gasteiger partial charge in [0.15, 0.2) is 5.13 Å². The van der Waals surface area contributed by atoms with Gasteiger partial charge in [-0.3, -0.25) is 24.4 Å². The average molecular weight is 497 g/mol. The number of nitrogens with zero attached hydrogens (tertiary/aromatic N) is 4. The maximum absolute atomic E-state index is 13.2. The van der Waals surface area contributed by atoms with Gasteiger partial charge in [0.2, 0.25) is 5.91 Å². The molecule has 182 valence electrons. The van der Waals surface area contributed by atoms with Gasteiger partial charge in [-0.2, -0.15) is 13.2 Å². The largest absolute Gasteiger partial charge is 0.433 e. The fourth-order valence-corrected chi connectivity index (χ4v) is 5.14. The third-order valence-corrected chi connectivity index (χ3v) is 7.20. The number of hydrogen-bond donors (Lipinski definition) is 2. The van der Waals surface area contributed by atoms with E-state index in [1.165, 1.54) is 24.3 Å². The molecule has 34 heavy (non-hydrogen) atoms. The SMILES string of the molecule is CC(=O)Nc1ncc([C@H](C)N2CCC3(CC2)NC(=O)N(Cc2ccc(C(F)(F)F)nc2)C3=O)s1. The van der Waals surface area contributed by atoms with Crippen molar-refractivity contribution in [3.8, 4) is 0 Å². The molecule has 13 heteroatoms. The molecule has 0 bridgehead atoms. The zero-order valence-corrected chi connectivity index (χ0v) is 19.3. The van der Waals surface area contributed by atoms with Crippen LogP contribution in [0.2, 0.25) is 0 Å². The summed E-state index contributed by atoms with van der Waals surface area (Å²) in [6.45, 7) is 4.39. The standard InChI is InChI=1S/C21H23F3N6O3S/c1-12(15-10-26-18(34-15)27-13(2)31)29-7-5-20(6-8-29)17(32)30(19(33)28-20)11-14-3-4-16(25-9-14)21(22,23)24/h3-4,9-10,12H,5-8,11H2,1-2H3,(H,28,33)(H,26,27,31)/t12-/m0/s1. The molecule has 2 fully saturated rings. The molecule has 0 unspecified atom stereocenters. The molecule has 2 saturated heterocycles. The van der Waals surface area contributed by atoms with Crippen LogP contribution in [-0.2, 0) is 22.3 Å². The number of aromatic nitrogens is 2. The van der Waals surface area contributed by atoms with Gasteiger partial charge in [0, 0.05) is 43.3 Å². The normalized spacial score (nSPS) is 19.4. The molecular weight excluding hydrogens is 473 g/mol. The molecular formula is C21H23F3N6O3S. The summed E-state index contributed by atoms with van der Waals surface area (Å²) in [6.07, 6.45) is -1.00. The van der Waals surface area contributed by atoms with E-state index in [0.717, 1.165) is 22.0 Å². The molecule has 9 nitrogen and oxygen atoms in total. The highest BCUT2D eigenvalue weighted by atomic mass is 32.1. The summed E-state index contributed by atoms with van der Waals surface area (Å²) in [7, 11) is 0. The predicted molar refractivity (Wildman–Crippen MR) is 117 cm³/mol. The van der Waals surface area contributed by atoms with E-state index in [4.69, 9.17) is 0 Å². The zero-order valence-electron chi connectivity index (χ0n) is 18.5. The molecule has 4 amide bonds. The summed E-state index contributed by atoms with van der Waals surface area (Å²) in [5.74, 6) is -0.573. The van der Waals surface area contributed by atoms with Crippen molar-refractivity contribution in [2.24, 2.45) is 0 Å². The highest BCUT2D eigenvalue weighted by Crippen LogP contribution is 2.36. The van der Waals surface area contributed by atoms with Gasteiger partial charge < -0.3 is 10.6 Å². The summed E-state index contributed by atoms with van der Waals surface area (Å²) < 4.78 is 38.2. The molecule has 1 spiro atoms. The number of rotatable bonds is 5. The Balaban J connectivity index is 1.38. The van der Waals surface area contributed by atoms with Crippen molar-refractivity contribution in [1.82, 2.24) is 25.1 Å². The van der Waals surface area contributed by atoms with E-state index in [2.05, 4.69) is 25.5 Å². The second-order valence-electron chi connectivity index (χ2n) is 8.41. The van der Waals surface area contributed by atoms with Crippen molar-refractivity contribution < 1.29 is 27.6 Å². The van der Waals surface area contributed by atoms with Crippen LogP contribution >= 0.6 is 11.3 Å². The van der Waals surface area contributed by atoms with E-state index in [-0.39, 0.29) is 24.4 Å². The number of nitrogens with one attached hydrogen (secondary N) is 2. The van der Waals surface area contributed by atoms with Gasteiger partial charge in [-0.25, -0.2) is 9.78 Å². The Bertz CT molecular complexity index is 1100. The van der Waals surface area contributed by atoms with Gasteiger partial charge in [-0.15, -0.1) is 11.3 Å². The molecule has 2 aliphatic rings. The lowest BCUT2D eigenvalue weighted by atomic mass is 9.87. The molecule has 1 atom stereocenters. The number of hydrogen-bond acceptors (Lipinski definition) is 7. The molecule has 4 heterocycles. The third-order valence-electron chi connectivity index (χ3n) is 6.12. The van der Waals surface area contributed by atoms with Crippen LogP contribution in [0.15, 0.2) is 24.5 Å². The number of likely N-dealkylation sites (tertiary alicyclic amines) is 1. The van der Waals surface area contributed by atoms with Crippen molar-refractivity contribution >= 4 is 34.3 Å². The molecule has 0 aliphatic carbocycles. The first kappa shape index (κ1) is 24.1. The smallest absolute Gasteiger partial charge is 0.323 e. The van der Waals surface area contributed by atoms with Crippen LogP contribution < -0.4 is 10.6 Å². The summed E-state index contributed by atoms with van der Waals surface area (Å²) >= 11 is 1.39. The molecule has 2 aliphatic heterocycles. The van der Waals surface area contributed by atoms with Crippen molar-refractivity contribution in [3.63, 3.8) is 0 Å². The van der Waals surface area contributed by atoms with E-state index in [9.17, 15) is 27.6 Å². The van der Waals surface area contributed by atoms with Crippen LogP contribution in [0.25, 0.3) is 0 Å². The highest BCUT2D eigenvalue weighted by Gasteiger charge is 2.52. The van der Waals surface area contributed by atoms with E-state index in [1.807, 2.05) is 6.92 Å². The summed E-state index contributed by atoms with van der Waals surface area (Å²) in [5.41, 5.74) is -1.72. The fourth-order valence-electron chi connectivity index (χ4n) is 4.19. The number of imide groups is 1. The monoisotopic (exact) mass is 496 g/mol. The van der Waals surface area contributed by atoms with E-state index in [0.29, 0.717) is 36.6 Å². The highest BCUT2D eigenvalue weighted by molar-refractivity contribution is 7.15. The summed E-state index contributed by atoms with van der Waals surface area (Å²) in [4.78, 5) is 48.7. The van der Waals surface area contributed by atoms with Gasteiger partial charge in [0.05, 0.1) is 6.54 Å². The van der Waals surface area contributed by atoms with E-state index >= 15 is 0 Å². The molecule has 2 aromatic heterocycles. The Labute approximate surface area is 197 Å². The predicted octanol–water partition coefficient (Wildman–Crippen LogP) is 3.16. The number of carbonyl (C=O) groups excluding carboxylic acids is 3. The van der Waals surface area contributed by atoms with Gasteiger partial charge in [-0.05, 0) is 31.4 Å². The number of amides is 4. The number of alkyl halides is 3. The number of piperidine rings is 1. The minimum Gasteiger partial charge on any atom is -0.323 e. The van der Waals surface area contributed by atoms with Crippen LogP contribution in [0.5, 0.6) is 0 Å². The first-order chi connectivity index (χ1) is 16.0. The van der Waals surface area contributed by atoms with Crippen molar-refractivity contribution in [2.75, 3.05) is 18.4 Å². The van der Waals surface area contributed by atoms with Crippen molar-refractivity contribution in [2.45, 2.75) is 51.0 Å². The third kappa shape index (κ3) is 4.75. The van der Waals surface area contributed by atoms with Crippen LogP contribution in [0, 0.1) is 0 Å². The fraction of sp³-hybridized carbons (Fsp3) is 0.476. The second-order valence-corrected chi connectivity index (χ2v) is 9.48. The number of pyridine rings is 1. The van der Waals surface area contributed by atoms with Gasteiger partial charge in [0.1, 0.15) is 11.2 Å². The molecule has 4 rings (SSSR count). The van der Waals surface area contributed by atoms with Crippen molar-refractivity contribution in [3.05, 3.63) is 40.7 Å². The number of thiazole rings is 1. The summed E-state index contributed by atoms with van der Waals surface area (Å²) in [5, 5.41) is 5.99. The van der Waals surface area contributed by atoms with E-state index in [1.54, 1.807) is 6.20 Å². The van der Waals surface area contributed by atoms with Crippen molar-refractivity contribution in [1.29, 1.82) is 0 Å². The lowest BCUT2D eigenvalue weighted by molar-refractivity contribution is -0.141. The molecule has 0 aromatic carbocycles. The molecule has 0 radical (unpaired) electrons. The topological polar surface area (TPSA) is 108 Å². The quantitative estimate of drug-likeness (QED) is 0.616. The number of halogens is 3.